The largest absolute Gasteiger partial charge is 0.462 e. The zero-order valence-corrected chi connectivity index (χ0v) is 39.9. The SMILES string of the molecule is CCC\C=C/C=C\C=C/C=C\C=C/CCCCCCCC(=O)OCC(COC(=O)CCCCCCCCCCCCC)OC(=O)CCCCC/C=C\CCCCCCCCC. The quantitative estimate of drug-likeness (QED) is 0.0200. The van der Waals surface area contributed by atoms with Crippen molar-refractivity contribution < 1.29 is 28.6 Å². The predicted octanol–water partition coefficient (Wildman–Crippen LogP) is 16.6. The van der Waals surface area contributed by atoms with Crippen molar-refractivity contribution in [2.24, 2.45) is 0 Å². The van der Waals surface area contributed by atoms with E-state index >= 15 is 0 Å². The fourth-order valence-electron chi connectivity index (χ4n) is 6.94. The van der Waals surface area contributed by atoms with Crippen LogP contribution in [0.15, 0.2) is 72.9 Å². The fourth-order valence-corrected chi connectivity index (χ4v) is 6.94. The minimum absolute atomic E-state index is 0.0886. The summed E-state index contributed by atoms with van der Waals surface area (Å²) < 4.78 is 16.7. The van der Waals surface area contributed by atoms with E-state index < -0.39 is 6.10 Å². The van der Waals surface area contributed by atoms with Crippen LogP contribution in [0.25, 0.3) is 0 Å². The highest BCUT2D eigenvalue weighted by molar-refractivity contribution is 5.71. The van der Waals surface area contributed by atoms with Crippen molar-refractivity contribution in [3.63, 3.8) is 0 Å². The van der Waals surface area contributed by atoms with Crippen molar-refractivity contribution in [2.45, 2.75) is 245 Å². The fraction of sp³-hybridized carbons (Fsp3) is 0.727. The number of hydrogen-bond acceptors (Lipinski definition) is 6. The Hall–Kier alpha value is -3.15. The molecule has 0 bridgehead atoms. The first-order chi connectivity index (χ1) is 30.0. The maximum absolute atomic E-state index is 12.8. The van der Waals surface area contributed by atoms with Crippen LogP contribution >= 0.6 is 0 Å². The van der Waals surface area contributed by atoms with Crippen LogP contribution in [0.4, 0.5) is 0 Å². The Bertz CT molecular complexity index is 1160. The first kappa shape index (κ1) is 57.9. The van der Waals surface area contributed by atoms with Crippen LogP contribution in [0.3, 0.4) is 0 Å². The number of carbonyl (C=O) groups is 3. The molecule has 0 spiro atoms. The molecule has 0 aromatic rings. The normalized spacial score (nSPS) is 12.6. The Kier molecular flexibility index (Phi) is 46.9. The lowest BCUT2D eigenvalue weighted by atomic mass is 10.1. The highest BCUT2D eigenvalue weighted by Crippen LogP contribution is 2.14. The molecule has 0 heterocycles. The molecule has 0 aliphatic rings. The molecule has 0 N–H and O–H groups in total. The molecule has 0 saturated heterocycles. The number of carbonyl (C=O) groups excluding carboxylic acids is 3. The second-order valence-electron chi connectivity index (χ2n) is 16.9. The molecule has 0 fully saturated rings. The predicted molar refractivity (Wildman–Crippen MR) is 261 cm³/mol. The smallest absolute Gasteiger partial charge is 0.306 e. The second-order valence-corrected chi connectivity index (χ2v) is 16.9. The highest BCUT2D eigenvalue weighted by Gasteiger charge is 2.19. The van der Waals surface area contributed by atoms with Gasteiger partial charge in [0.05, 0.1) is 0 Å². The Balaban J connectivity index is 4.44. The lowest BCUT2D eigenvalue weighted by Crippen LogP contribution is -2.30. The molecule has 1 atom stereocenters. The first-order valence-electron chi connectivity index (χ1n) is 25.5. The Morgan fingerprint density at radius 3 is 1.05 bits per heavy atom. The van der Waals surface area contributed by atoms with Crippen molar-refractivity contribution in [1.29, 1.82) is 0 Å². The molecule has 61 heavy (non-hydrogen) atoms. The first-order valence-corrected chi connectivity index (χ1v) is 25.5. The lowest BCUT2D eigenvalue weighted by Gasteiger charge is -2.18. The number of hydrogen-bond donors (Lipinski definition) is 0. The van der Waals surface area contributed by atoms with E-state index in [0.717, 1.165) is 96.3 Å². The van der Waals surface area contributed by atoms with Crippen LogP contribution < -0.4 is 0 Å². The van der Waals surface area contributed by atoms with Crippen molar-refractivity contribution >= 4 is 17.9 Å². The number of ether oxygens (including phenoxy) is 3. The van der Waals surface area contributed by atoms with Gasteiger partial charge in [-0.05, 0) is 64.2 Å². The van der Waals surface area contributed by atoms with Crippen molar-refractivity contribution in [2.75, 3.05) is 13.2 Å². The van der Waals surface area contributed by atoms with Gasteiger partial charge in [0.15, 0.2) is 6.10 Å². The Morgan fingerprint density at radius 1 is 0.328 bits per heavy atom. The van der Waals surface area contributed by atoms with Gasteiger partial charge in [-0.2, -0.15) is 0 Å². The molecular weight excluding hydrogens is 757 g/mol. The Labute approximate surface area is 376 Å². The van der Waals surface area contributed by atoms with E-state index in [4.69, 9.17) is 14.2 Å². The third kappa shape index (κ3) is 47.7. The molecule has 0 aliphatic carbocycles. The molecule has 0 saturated carbocycles. The summed E-state index contributed by atoms with van der Waals surface area (Å²) in [5.74, 6) is -0.930. The molecular formula is C55H94O6. The maximum atomic E-state index is 12.8. The zero-order valence-electron chi connectivity index (χ0n) is 39.9. The topological polar surface area (TPSA) is 78.9 Å². The van der Waals surface area contributed by atoms with E-state index in [-0.39, 0.29) is 31.1 Å². The summed E-state index contributed by atoms with van der Waals surface area (Å²) in [5, 5.41) is 0. The van der Waals surface area contributed by atoms with Crippen molar-refractivity contribution in [1.82, 2.24) is 0 Å². The summed E-state index contributed by atoms with van der Waals surface area (Å²) in [4.78, 5) is 37.9. The van der Waals surface area contributed by atoms with E-state index in [2.05, 4.69) is 69.4 Å². The van der Waals surface area contributed by atoms with Gasteiger partial charge in [0.2, 0.25) is 0 Å². The Morgan fingerprint density at radius 2 is 0.639 bits per heavy atom. The van der Waals surface area contributed by atoms with Gasteiger partial charge in [0.1, 0.15) is 13.2 Å². The molecule has 0 radical (unpaired) electrons. The molecule has 0 rings (SSSR count). The van der Waals surface area contributed by atoms with E-state index in [1.165, 1.54) is 103 Å². The average Bonchev–Trinajstić information content (AvgIpc) is 3.26. The summed E-state index contributed by atoms with van der Waals surface area (Å²) in [6.07, 6.45) is 61.6. The van der Waals surface area contributed by atoms with E-state index in [1.807, 2.05) is 24.3 Å². The molecule has 0 aliphatic heterocycles. The monoisotopic (exact) mass is 851 g/mol. The maximum Gasteiger partial charge on any atom is 0.306 e. The van der Waals surface area contributed by atoms with E-state index in [1.54, 1.807) is 0 Å². The van der Waals surface area contributed by atoms with Gasteiger partial charge in [-0.1, -0.05) is 229 Å². The van der Waals surface area contributed by atoms with Crippen LogP contribution in [0, 0.1) is 0 Å². The van der Waals surface area contributed by atoms with Crippen LogP contribution in [0.5, 0.6) is 0 Å². The number of rotatable bonds is 45. The van der Waals surface area contributed by atoms with Gasteiger partial charge in [0.25, 0.3) is 0 Å². The van der Waals surface area contributed by atoms with Gasteiger partial charge in [0, 0.05) is 19.3 Å². The molecule has 350 valence electrons. The molecule has 0 aromatic heterocycles. The van der Waals surface area contributed by atoms with Gasteiger partial charge in [-0.3, -0.25) is 14.4 Å². The van der Waals surface area contributed by atoms with Crippen LogP contribution in [0.2, 0.25) is 0 Å². The third-order valence-corrected chi connectivity index (χ3v) is 10.8. The zero-order chi connectivity index (χ0) is 44.4. The summed E-state index contributed by atoms with van der Waals surface area (Å²) >= 11 is 0. The standard InChI is InChI=1S/C55H94O6/c1-4-7-10-13-16-19-22-24-26-27-28-29-31-33-36-39-42-45-48-54(57)60-51-52(50-59-53(56)47-44-41-38-35-32-21-18-15-12-9-6-3)61-55(58)49-46-43-40-37-34-30-25-23-20-17-14-11-8-5-2/h10,13,16,19,22,24,26-30,34,52H,4-9,11-12,14-15,17-18,20-21,23,25,31-33,35-51H2,1-3H3/b13-10-,19-16-,24-22-,27-26-,29-28-,34-30-. The highest BCUT2D eigenvalue weighted by atomic mass is 16.6. The minimum atomic E-state index is -0.791. The number of allylic oxidation sites excluding steroid dienone is 12. The second kappa shape index (κ2) is 49.5. The minimum Gasteiger partial charge on any atom is -0.462 e. The van der Waals surface area contributed by atoms with Crippen LogP contribution in [0.1, 0.15) is 239 Å². The van der Waals surface area contributed by atoms with Crippen molar-refractivity contribution in [3.8, 4) is 0 Å². The molecule has 6 nitrogen and oxygen atoms in total. The van der Waals surface area contributed by atoms with Gasteiger partial charge < -0.3 is 14.2 Å². The third-order valence-electron chi connectivity index (χ3n) is 10.8. The molecule has 0 amide bonds. The summed E-state index contributed by atoms with van der Waals surface area (Å²) in [7, 11) is 0. The molecule has 6 heteroatoms. The number of esters is 3. The number of unbranched alkanes of at least 4 members (excludes halogenated alkanes) is 26. The van der Waals surface area contributed by atoms with Gasteiger partial charge in [-0.25, -0.2) is 0 Å². The summed E-state index contributed by atoms with van der Waals surface area (Å²) in [5.41, 5.74) is 0. The van der Waals surface area contributed by atoms with Crippen molar-refractivity contribution in [3.05, 3.63) is 72.9 Å². The molecule has 0 aromatic carbocycles. The lowest BCUT2D eigenvalue weighted by molar-refractivity contribution is -0.167. The van der Waals surface area contributed by atoms with E-state index in [9.17, 15) is 14.4 Å². The molecule has 1 unspecified atom stereocenters. The van der Waals surface area contributed by atoms with Gasteiger partial charge >= 0.3 is 17.9 Å². The average molecular weight is 851 g/mol. The summed E-state index contributed by atoms with van der Waals surface area (Å²) in [6, 6.07) is 0. The van der Waals surface area contributed by atoms with Crippen LogP contribution in [-0.4, -0.2) is 37.2 Å². The van der Waals surface area contributed by atoms with Crippen LogP contribution in [-0.2, 0) is 28.6 Å². The van der Waals surface area contributed by atoms with E-state index in [0.29, 0.717) is 19.3 Å². The van der Waals surface area contributed by atoms with Gasteiger partial charge in [-0.15, -0.1) is 0 Å². The summed E-state index contributed by atoms with van der Waals surface area (Å²) in [6.45, 7) is 6.50.